The minimum atomic E-state index is -0.162. The first-order chi connectivity index (χ1) is 12.7. The second kappa shape index (κ2) is 9.10. The summed E-state index contributed by atoms with van der Waals surface area (Å²) in [6, 6.07) is 9.69. The van der Waals surface area contributed by atoms with Crippen LogP contribution in [0.15, 0.2) is 36.7 Å². The highest BCUT2D eigenvalue weighted by atomic mass is 16.2. The van der Waals surface area contributed by atoms with E-state index in [1.54, 1.807) is 0 Å². The second-order valence-corrected chi connectivity index (χ2v) is 6.47. The van der Waals surface area contributed by atoms with Gasteiger partial charge in [-0.25, -0.2) is 9.67 Å². The van der Waals surface area contributed by atoms with Gasteiger partial charge in [-0.2, -0.15) is 0 Å². The number of nitrogens with zero attached hydrogens (tertiary/aromatic N) is 3. The number of carbonyl (C=O) groups is 2. The lowest BCUT2D eigenvalue weighted by Crippen LogP contribution is -2.27. The molecule has 3 N–H and O–H groups in total. The second-order valence-electron chi connectivity index (χ2n) is 6.47. The molecular weight excluding hydrogens is 332 g/mol. The van der Waals surface area contributed by atoms with Crippen LogP contribution in [0.2, 0.25) is 0 Å². The number of hydrogen-bond donors (Lipinski definition) is 3. The molecule has 1 saturated heterocycles. The number of nitrogens with one attached hydrogen (secondary N) is 3. The van der Waals surface area contributed by atoms with Crippen molar-refractivity contribution in [1.29, 1.82) is 0 Å². The van der Waals surface area contributed by atoms with Gasteiger partial charge in [0.15, 0.2) is 0 Å². The van der Waals surface area contributed by atoms with Gasteiger partial charge in [0.2, 0.25) is 17.8 Å². The maximum Gasteiger partial charge on any atom is 0.248 e. The van der Waals surface area contributed by atoms with Crippen molar-refractivity contribution >= 4 is 17.8 Å². The molecule has 1 aliphatic heterocycles. The summed E-state index contributed by atoms with van der Waals surface area (Å²) in [5.41, 5.74) is 1.03. The number of aromatic nitrogens is 3. The van der Waals surface area contributed by atoms with E-state index in [-0.39, 0.29) is 24.3 Å². The fraction of sp³-hybridized carbons (Fsp3) is 0.444. The smallest absolute Gasteiger partial charge is 0.248 e. The van der Waals surface area contributed by atoms with Gasteiger partial charge in [-0.1, -0.05) is 30.3 Å². The van der Waals surface area contributed by atoms with Crippen LogP contribution < -0.4 is 16.0 Å². The summed E-state index contributed by atoms with van der Waals surface area (Å²) in [5, 5.41) is 12.9. The summed E-state index contributed by atoms with van der Waals surface area (Å²) in [7, 11) is 0. The fourth-order valence-corrected chi connectivity index (χ4v) is 2.91. The van der Waals surface area contributed by atoms with Crippen molar-refractivity contribution < 1.29 is 9.59 Å². The van der Waals surface area contributed by atoms with Crippen molar-refractivity contribution in [1.82, 2.24) is 25.4 Å². The van der Waals surface area contributed by atoms with Gasteiger partial charge in [0.05, 0.1) is 0 Å². The van der Waals surface area contributed by atoms with E-state index in [4.69, 9.17) is 0 Å². The lowest BCUT2D eigenvalue weighted by atomic mass is 10.0. The molecule has 1 atom stereocenters. The van der Waals surface area contributed by atoms with E-state index in [2.05, 4.69) is 26.0 Å². The van der Waals surface area contributed by atoms with Crippen LogP contribution >= 0.6 is 0 Å². The summed E-state index contributed by atoms with van der Waals surface area (Å²) < 4.78 is 1.41. The molecule has 2 amide bonds. The van der Waals surface area contributed by atoms with Crippen molar-refractivity contribution in [2.24, 2.45) is 5.92 Å². The Kier molecular flexibility index (Phi) is 6.32. The number of rotatable bonds is 8. The minimum absolute atomic E-state index is 0.0590. The van der Waals surface area contributed by atoms with Gasteiger partial charge in [-0.3, -0.25) is 14.9 Å². The summed E-state index contributed by atoms with van der Waals surface area (Å²) >= 11 is 0. The number of anilines is 1. The fourth-order valence-electron chi connectivity index (χ4n) is 2.91. The van der Waals surface area contributed by atoms with Gasteiger partial charge in [0.1, 0.15) is 12.9 Å². The van der Waals surface area contributed by atoms with Crippen molar-refractivity contribution in [3.63, 3.8) is 0 Å². The number of carbonyl (C=O) groups excluding carboxylic acids is 2. The van der Waals surface area contributed by atoms with Crippen molar-refractivity contribution in [3.8, 4) is 0 Å². The van der Waals surface area contributed by atoms with E-state index in [0.29, 0.717) is 18.9 Å². The Labute approximate surface area is 152 Å². The molecule has 26 heavy (non-hydrogen) atoms. The van der Waals surface area contributed by atoms with Gasteiger partial charge in [0, 0.05) is 13.0 Å². The molecule has 1 aliphatic rings. The predicted molar refractivity (Wildman–Crippen MR) is 97.2 cm³/mol. The minimum Gasteiger partial charge on any atom is -0.350 e. The molecule has 2 heterocycles. The van der Waals surface area contributed by atoms with Gasteiger partial charge in [-0.15, -0.1) is 5.10 Å². The molecule has 0 spiro atoms. The Balaban J connectivity index is 1.39. The van der Waals surface area contributed by atoms with Crippen LogP contribution in [0.1, 0.15) is 24.8 Å². The summed E-state index contributed by atoms with van der Waals surface area (Å²) in [6.45, 7) is 2.54. The Bertz CT molecular complexity index is 724. The highest BCUT2D eigenvalue weighted by molar-refractivity contribution is 5.88. The number of benzene rings is 1. The molecular formula is C18H24N6O2. The van der Waals surface area contributed by atoms with Gasteiger partial charge in [-0.05, 0) is 37.4 Å². The third kappa shape index (κ3) is 5.66. The standard InChI is InChI=1S/C18H24N6O2/c25-16(7-6-15-8-9-19-10-15)22-18-21-13-24(23-18)12-17(26)20-11-14-4-2-1-3-5-14/h1-5,13,15,19H,6-12H2,(H,20,26)(H,22,23,25). The van der Waals surface area contributed by atoms with E-state index in [1.807, 2.05) is 30.3 Å². The maximum absolute atomic E-state index is 12.0. The molecule has 0 bridgehead atoms. The zero-order valence-electron chi connectivity index (χ0n) is 14.6. The number of amides is 2. The van der Waals surface area contributed by atoms with E-state index in [9.17, 15) is 9.59 Å². The van der Waals surface area contributed by atoms with Crippen LogP contribution in [0.5, 0.6) is 0 Å². The molecule has 1 aromatic carbocycles. The zero-order valence-corrected chi connectivity index (χ0v) is 14.6. The van der Waals surface area contributed by atoms with E-state index in [0.717, 1.165) is 31.5 Å². The molecule has 138 valence electrons. The lowest BCUT2D eigenvalue weighted by molar-refractivity contribution is -0.122. The monoisotopic (exact) mass is 356 g/mol. The van der Waals surface area contributed by atoms with Crippen LogP contribution in [0.25, 0.3) is 0 Å². The molecule has 0 saturated carbocycles. The first-order valence-corrected chi connectivity index (χ1v) is 8.89. The Morgan fingerprint density at radius 3 is 2.85 bits per heavy atom. The van der Waals surface area contributed by atoms with Gasteiger partial charge < -0.3 is 10.6 Å². The number of hydrogen-bond acceptors (Lipinski definition) is 5. The van der Waals surface area contributed by atoms with E-state index >= 15 is 0 Å². The quantitative estimate of drug-likeness (QED) is 0.653. The molecule has 2 aromatic rings. The third-order valence-electron chi connectivity index (χ3n) is 4.37. The average Bonchev–Trinajstić information content (AvgIpc) is 3.31. The molecule has 1 aromatic heterocycles. The largest absolute Gasteiger partial charge is 0.350 e. The topological polar surface area (TPSA) is 101 Å². The zero-order chi connectivity index (χ0) is 18.2. The average molecular weight is 356 g/mol. The molecule has 8 nitrogen and oxygen atoms in total. The SMILES string of the molecule is O=C(Cn1cnc(NC(=O)CCC2CCNC2)n1)NCc1ccccc1. The highest BCUT2D eigenvalue weighted by Crippen LogP contribution is 2.14. The first kappa shape index (κ1) is 18.1. The van der Waals surface area contributed by atoms with Crippen LogP contribution in [-0.2, 0) is 22.7 Å². The van der Waals surface area contributed by atoms with Crippen molar-refractivity contribution in [3.05, 3.63) is 42.2 Å². The predicted octanol–water partition coefficient (Wildman–Crippen LogP) is 0.923. The molecule has 8 heteroatoms. The highest BCUT2D eigenvalue weighted by Gasteiger charge is 2.16. The van der Waals surface area contributed by atoms with Gasteiger partial charge in [0.25, 0.3) is 0 Å². The molecule has 3 rings (SSSR count). The first-order valence-electron chi connectivity index (χ1n) is 8.89. The van der Waals surface area contributed by atoms with Crippen molar-refractivity contribution in [2.45, 2.75) is 32.4 Å². The molecule has 1 fully saturated rings. The molecule has 1 unspecified atom stereocenters. The molecule has 0 aliphatic carbocycles. The lowest BCUT2D eigenvalue weighted by Gasteiger charge is -2.07. The Morgan fingerprint density at radius 2 is 2.08 bits per heavy atom. The Morgan fingerprint density at radius 1 is 1.23 bits per heavy atom. The van der Waals surface area contributed by atoms with Crippen molar-refractivity contribution in [2.75, 3.05) is 18.4 Å². The maximum atomic E-state index is 12.0. The Hall–Kier alpha value is -2.74. The van der Waals surface area contributed by atoms with E-state index < -0.39 is 0 Å². The van der Waals surface area contributed by atoms with Crippen LogP contribution in [0.4, 0.5) is 5.95 Å². The molecule has 0 radical (unpaired) electrons. The van der Waals surface area contributed by atoms with Gasteiger partial charge >= 0.3 is 0 Å². The summed E-state index contributed by atoms with van der Waals surface area (Å²) in [6.07, 6.45) is 3.89. The van der Waals surface area contributed by atoms with Crippen LogP contribution in [-0.4, -0.2) is 39.7 Å². The van der Waals surface area contributed by atoms with E-state index in [1.165, 1.54) is 11.0 Å². The van der Waals surface area contributed by atoms with Crippen LogP contribution in [0, 0.1) is 5.92 Å². The summed E-state index contributed by atoms with van der Waals surface area (Å²) in [5.74, 6) is 0.545. The third-order valence-corrected chi connectivity index (χ3v) is 4.37. The summed E-state index contributed by atoms with van der Waals surface area (Å²) in [4.78, 5) is 28.0. The van der Waals surface area contributed by atoms with Crippen LogP contribution in [0.3, 0.4) is 0 Å². The normalized spacial score (nSPS) is 16.4.